The van der Waals surface area contributed by atoms with Gasteiger partial charge in [0, 0.05) is 5.69 Å². The van der Waals surface area contributed by atoms with Gasteiger partial charge in [-0.3, -0.25) is 0 Å². The highest BCUT2D eigenvalue weighted by Crippen LogP contribution is 2.34. The fourth-order valence-electron chi connectivity index (χ4n) is 1.63. The highest BCUT2D eigenvalue weighted by Gasteiger charge is 2.36. The summed E-state index contributed by atoms with van der Waals surface area (Å²) in [4.78, 5) is 11.0. The Morgan fingerprint density at radius 1 is 1.44 bits per heavy atom. The molecule has 1 aliphatic rings. The molecule has 0 heterocycles. The van der Waals surface area contributed by atoms with Crippen LogP contribution in [0.1, 0.15) is 18.4 Å². The van der Waals surface area contributed by atoms with Crippen LogP contribution in [0, 0.1) is 17.2 Å². The van der Waals surface area contributed by atoms with Gasteiger partial charge in [0.1, 0.15) is 6.04 Å². The molecule has 4 nitrogen and oxygen atoms in total. The second-order valence-electron chi connectivity index (χ2n) is 3.99. The van der Waals surface area contributed by atoms with Crippen molar-refractivity contribution >= 4 is 11.7 Å². The summed E-state index contributed by atoms with van der Waals surface area (Å²) in [6.45, 7) is 0. The van der Waals surface area contributed by atoms with Crippen LogP contribution in [0.5, 0.6) is 0 Å². The highest BCUT2D eigenvalue weighted by molar-refractivity contribution is 5.78. The normalized spacial score (nSPS) is 16.2. The molecule has 2 N–H and O–H groups in total. The molecule has 1 fully saturated rings. The number of anilines is 1. The van der Waals surface area contributed by atoms with Gasteiger partial charge < -0.3 is 10.4 Å². The van der Waals surface area contributed by atoms with E-state index < -0.39 is 12.0 Å². The molecule has 0 saturated heterocycles. The van der Waals surface area contributed by atoms with Gasteiger partial charge in [0.15, 0.2) is 0 Å². The van der Waals surface area contributed by atoms with Crippen LogP contribution in [0.4, 0.5) is 5.69 Å². The molecule has 1 aromatic rings. The van der Waals surface area contributed by atoms with Gasteiger partial charge in [0.25, 0.3) is 0 Å². The lowest BCUT2D eigenvalue weighted by molar-refractivity contribution is -0.138. The molecule has 2 rings (SSSR count). The molecule has 0 aromatic heterocycles. The first-order chi connectivity index (χ1) is 7.70. The number of aliphatic carboxylic acids is 1. The van der Waals surface area contributed by atoms with Gasteiger partial charge in [-0.15, -0.1) is 0 Å². The van der Waals surface area contributed by atoms with Crippen LogP contribution in [0.15, 0.2) is 24.3 Å². The molecule has 1 saturated carbocycles. The van der Waals surface area contributed by atoms with E-state index >= 15 is 0 Å². The second kappa shape index (κ2) is 4.23. The lowest BCUT2D eigenvalue weighted by atomic mass is 10.1. The van der Waals surface area contributed by atoms with Crippen molar-refractivity contribution in [3.05, 3.63) is 29.8 Å². The summed E-state index contributed by atoms with van der Waals surface area (Å²) in [7, 11) is 0. The molecule has 82 valence electrons. The van der Waals surface area contributed by atoms with Gasteiger partial charge >= 0.3 is 5.97 Å². The monoisotopic (exact) mass is 216 g/mol. The lowest BCUT2D eigenvalue weighted by Gasteiger charge is -2.14. The van der Waals surface area contributed by atoms with Gasteiger partial charge in [-0.2, -0.15) is 5.26 Å². The van der Waals surface area contributed by atoms with Crippen molar-refractivity contribution in [2.24, 2.45) is 5.92 Å². The van der Waals surface area contributed by atoms with E-state index in [4.69, 9.17) is 10.4 Å². The third-order valence-corrected chi connectivity index (χ3v) is 2.70. The number of nitrogens with one attached hydrogen (secondary N) is 1. The van der Waals surface area contributed by atoms with E-state index in [1.54, 1.807) is 24.3 Å². The van der Waals surface area contributed by atoms with E-state index in [0.29, 0.717) is 5.56 Å². The average Bonchev–Trinajstić information content (AvgIpc) is 3.10. The Bertz CT molecular complexity index is 429. The maximum Gasteiger partial charge on any atom is 0.326 e. The maximum atomic E-state index is 11.0. The molecule has 16 heavy (non-hydrogen) atoms. The Kier molecular flexibility index (Phi) is 2.78. The number of rotatable bonds is 4. The molecule has 1 unspecified atom stereocenters. The molecular formula is C12H12N2O2. The third kappa shape index (κ3) is 2.31. The Hall–Kier alpha value is -2.02. The molecule has 4 heteroatoms. The largest absolute Gasteiger partial charge is 0.480 e. The number of benzene rings is 1. The third-order valence-electron chi connectivity index (χ3n) is 2.70. The first-order valence-electron chi connectivity index (χ1n) is 5.20. The fourth-order valence-corrected chi connectivity index (χ4v) is 1.63. The van der Waals surface area contributed by atoms with Crippen LogP contribution in [-0.2, 0) is 4.79 Å². The van der Waals surface area contributed by atoms with Gasteiger partial charge in [-0.05, 0) is 43.0 Å². The minimum atomic E-state index is -0.813. The number of carboxylic acids is 1. The van der Waals surface area contributed by atoms with Crippen LogP contribution in [0.3, 0.4) is 0 Å². The maximum absolute atomic E-state index is 11.0. The van der Waals surface area contributed by atoms with Crippen LogP contribution in [0.2, 0.25) is 0 Å². The van der Waals surface area contributed by atoms with Gasteiger partial charge in [0.05, 0.1) is 11.6 Å². The van der Waals surface area contributed by atoms with E-state index in [1.807, 2.05) is 6.07 Å². The fraction of sp³-hybridized carbons (Fsp3) is 0.333. The second-order valence-corrected chi connectivity index (χ2v) is 3.99. The van der Waals surface area contributed by atoms with Crippen molar-refractivity contribution in [1.82, 2.24) is 0 Å². The Morgan fingerprint density at radius 3 is 2.50 bits per heavy atom. The molecule has 1 atom stereocenters. The number of hydrogen-bond donors (Lipinski definition) is 2. The summed E-state index contributed by atoms with van der Waals surface area (Å²) in [6.07, 6.45) is 1.94. The van der Waals surface area contributed by atoms with Crippen LogP contribution < -0.4 is 5.32 Å². The standard InChI is InChI=1S/C12H12N2O2/c13-7-8-1-5-10(6-2-8)14-11(12(15)16)9-3-4-9/h1-2,5-6,9,11,14H,3-4H2,(H,15,16). The van der Waals surface area contributed by atoms with Gasteiger partial charge in [-0.1, -0.05) is 0 Å². The van der Waals surface area contributed by atoms with Crippen molar-refractivity contribution in [1.29, 1.82) is 5.26 Å². The van der Waals surface area contributed by atoms with Crippen molar-refractivity contribution < 1.29 is 9.90 Å². The molecule has 1 aliphatic carbocycles. The Labute approximate surface area is 93.5 Å². The first kappa shape index (κ1) is 10.5. The first-order valence-corrected chi connectivity index (χ1v) is 5.20. The van der Waals surface area contributed by atoms with E-state index in [-0.39, 0.29) is 5.92 Å². The van der Waals surface area contributed by atoms with E-state index in [0.717, 1.165) is 18.5 Å². The molecular weight excluding hydrogens is 204 g/mol. The molecule has 0 aliphatic heterocycles. The summed E-state index contributed by atoms with van der Waals surface area (Å²) < 4.78 is 0. The average molecular weight is 216 g/mol. The summed E-state index contributed by atoms with van der Waals surface area (Å²) in [5, 5.41) is 20.6. The van der Waals surface area contributed by atoms with Crippen molar-refractivity contribution in [3.63, 3.8) is 0 Å². The summed E-state index contributed by atoms with van der Waals surface area (Å²) in [5.41, 5.74) is 1.32. The number of nitrogens with zero attached hydrogens (tertiary/aromatic N) is 1. The molecule has 0 bridgehead atoms. The van der Waals surface area contributed by atoms with E-state index in [9.17, 15) is 4.79 Å². The number of carbonyl (C=O) groups is 1. The minimum absolute atomic E-state index is 0.244. The quantitative estimate of drug-likeness (QED) is 0.805. The number of carboxylic acid groups (broad SMARTS) is 1. The van der Waals surface area contributed by atoms with Crippen LogP contribution in [0.25, 0.3) is 0 Å². The van der Waals surface area contributed by atoms with Crippen molar-refractivity contribution in [2.45, 2.75) is 18.9 Å². The number of hydrogen-bond acceptors (Lipinski definition) is 3. The molecule has 0 radical (unpaired) electrons. The zero-order chi connectivity index (χ0) is 11.5. The molecule has 0 spiro atoms. The summed E-state index contributed by atoms with van der Waals surface area (Å²) in [6, 6.07) is 8.33. The number of nitriles is 1. The minimum Gasteiger partial charge on any atom is -0.480 e. The predicted octanol–water partition coefficient (Wildman–Crippen LogP) is 1.83. The molecule has 1 aromatic carbocycles. The SMILES string of the molecule is N#Cc1ccc(NC(C(=O)O)C2CC2)cc1. The zero-order valence-corrected chi connectivity index (χ0v) is 8.68. The summed E-state index contributed by atoms with van der Waals surface area (Å²) in [5.74, 6) is -0.569. The van der Waals surface area contributed by atoms with Crippen molar-refractivity contribution in [3.8, 4) is 6.07 Å². The van der Waals surface area contributed by atoms with Crippen LogP contribution in [-0.4, -0.2) is 17.1 Å². The van der Waals surface area contributed by atoms with Gasteiger partial charge in [-0.25, -0.2) is 4.79 Å². The Balaban J connectivity index is 2.07. The molecule has 0 amide bonds. The topological polar surface area (TPSA) is 73.1 Å². The zero-order valence-electron chi connectivity index (χ0n) is 8.68. The van der Waals surface area contributed by atoms with E-state index in [1.165, 1.54) is 0 Å². The van der Waals surface area contributed by atoms with E-state index in [2.05, 4.69) is 5.32 Å². The highest BCUT2D eigenvalue weighted by atomic mass is 16.4. The van der Waals surface area contributed by atoms with Crippen LogP contribution >= 0.6 is 0 Å². The van der Waals surface area contributed by atoms with Crippen molar-refractivity contribution in [2.75, 3.05) is 5.32 Å². The van der Waals surface area contributed by atoms with Gasteiger partial charge in [0.2, 0.25) is 0 Å². The Morgan fingerprint density at radius 2 is 2.06 bits per heavy atom. The predicted molar refractivity (Wildman–Crippen MR) is 58.9 cm³/mol. The summed E-state index contributed by atoms with van der Waals surface area (Å²) >= 11 is 0. The smallest absolute Gasteiger partial charge is 0.326 e. The lowest BCUT2D eigenvalue weighted by Crippen LogP contribution is -2.31.